The number of methoxy groups -OCH3 is 1. The summed E-state index contributed by atoms with van der Waals surface area (Å²) in [4.78, 5) is 0. The molecule has 0 saturated heterocycles. The maximum absolute atomic E-state index is 13.0. The van der Waals surface area contributed by atoms with Crippen LogP contribution in [0.2, 0.25) is 4.34 Å². The van der Waals surface area contributed by atoms with Crippen molar-refractivity contribution in [1.29, 1.82) is 0 Å². The summed E-state index contributed by atoms with van der Waals surface area (Å²) in [6, 6.07) is 11.0. The summed E-state index contributed by atoms with van der Waals surface area (Å²) in [7, 11) is -1.94. The average molecular weight is 470 g/mol. The van der Waals surface area contributed by atoms with Crippen LogP contribution in [0, 0.1) is 11.3 Å². The Morgan fingerprint density at radius 1 is 1.13 bits per heavy atom. The molecule has 2 bridgehead atoms. The number of halogens is 1. The van der Waals surface area contributed by atoms with Gasteiger partial charge in [-0.05, 0) is 61.4 Å². The van der Waals surface area contributed by atoms with E-state index in [1.165, 1.54) is 0 Å². The highest BCUT2D eigenvalue weighted by Crippen LogP contribution is 2.50. The molecular weight excluding hydrogens is 442 g/mol. The maximum Gasteiger partial charge on any atom is 0.250 e. The Labute approximate surface area is 187 Å². The highest BCUT2D eigenvalue weighted by molar-refractivity contribution is 7.91. The van der Waals surface area contributed by atoms with E-state index in [-0.39, 0.29) is 15.7 Å². The van der Waals surface area contributed by atoms with E-state index in [0.717, 1.165) is 61.2 Å². The number of fused-ring (bicyclic) bond motifs is 2. The predicted octanol–water partition coefficient (Wildman–Crippen LogP) is 5.24. The second kappa shape index (κ2) is 9.17. The molecule has 1 aromatic heterocycles. The van der Waals surface area contributed by atoms with Crippen LogP contribution in [0.4, 0.5) is 0 Å². The molecule has 0 radical (unpaired) electrons. The molecule has 164 valence electrons. The van der Waals surface area contributed by atoms with Gasteiger partial charge in [-0.15, -0.1) is 11.3 Å². The Balaban J connectivity index is 1.48. The summed E-state index contributed by atoms with van der Waals surface area (Å²) < 4.78 is 41.3. The minimum Gasteiger partial charge on any atom is -0.497 e. The Kier molecular flexibility index (Phi) is 6.75. The van der Waals surface area contributed by atoms with Crippen LogP contribution in [-0.2, 0) is 21.4 Å². The molecule has 2 fully saturated rings. The first kappa shape index (κ1) is 22.1. The van der Waals surface area contributed by atoms with Gasteiger partial charge in [0.05, 0.1) is 24.7 Å². The molecule has 5 nitrogen and oxygen atoms in total. The van der Waals surface area contributed by atoms with E-state index in [1.807, 2.05) is 24.3 Å². The number of nitrogens with one attached hydrogen (secondary N) is 1. The minimum absolute atomic E-state index is 0.0956. The monoisotopic (exact) mass is 469 g/mol. The van der Waals surface area contributed by atoms with Crippen molar-refractivity contribution in [1.82, 2.24) is 4.72 Å². The zero-order valence-electron chi connectivity index (χ0n) is 17.1. The highest BCUT2D eigenvalue weighted by atomic mass is 35.5. The van der Waals surface area contributed by atoms with E-state index in [1.54, 1.807) is 19.2 Å². The molecule has 2 aliphatic rings. The van der Waals surface area contributed by atoms with E-state index in [9.17, 15) is 8.42 Å². The van der Waals surface area contributed by atoms with Gasteiger partial charge in [-0.2, -0.15) is 0 Å². The van der Waals surface area contributed by atoms with Gasteiger partial charge >= 0.3 is 0 Å². The molecule has 0 aliphatic heterocycles. The average Bonchev–Trinajstić information content (AvgIpc) is 3.25. The first-order valence-electron chi connectivity index (χ1n) is 10.4. The second-order valence-electron chi connectivity index (χ2n) is 8.41. The van der Waals surface area contributed by atoms with Crippen molar-refractivity contribution in [3.8, 4) is 5.75 Å². The second-order valence-corrected chi connectivity index (χ2v) is 12.1. The standard InChI is InChI=1S/C22H28ClNO4S2/c1-27-18-7-5-16(6-8-18)14-28-15-22-12-3-2-4-17(11-13-22)21(22)24-30(25,26)20-10-9-19(23)29-20/h5-10,17,21,24H,2-4,11-15H2,1H3/t17-,21+,22+/m0/s1. The first-order chi connectivity index (χ1) is 14.4. The lowest BCUT2D eigenvalue weighted by Crippen LogP contribution is -2.49. The van der Waals surface area contributed by atoms with Crippen LogP contribution in [0.25, 0.3) is 0 Å². The van der Waals surface area contributed by atoms with E-state index in [4.69, 9.17) is 21.1 Å². The van der Waals surface area contributed by atoms with Gasteiger partial charge in [0.25, 0.3) is 0 Å². The lowest BCUT2D eigenvalue weighted by atomic mass is 9.79. The first-order valence-corrected chi connectivity index (χ1v) is 13.1. The lowest BCUT2D eigenvalue weighted by Gasteiger charge is -2.36. The number of benzene rings is 1. The summed E-state index contributed by atoms with van der Waals surface area (Å²) in [6.07, 6.45) is 6.37. The number of rotatable bonds is 8. The maximum atomic E-state index is 13.0. The summed E-state index contributed by atoms with van der Waals surface area (Å²) >= 11 is 7.08. The van der Waals surface area contributed by atoms with Crippen LogP contribution >= 0.6 is 22.9 Å². The van der Waals surface area contributed by atoms with Crippen molar-refractivity contribution in [2.24, 2.45) is 11.3 Å². The normalized spacial score (nSPS) is 26.5. The number of ether oxygens (including phenoxy) is 2. The summed E-state index contributed by atoms with van der Waals surface area (Å²) in [5, 5.41) is 0. The third-order valence-corrected chi connectivity index (χ3v) is 9.72. The molecule has 1 aromatic carbocycles. The third-order valence-electron chi connectivity index (χ3n) is 6.56. The quantitative estimate of drug-likeness (QED) is 0.573. The van der Waals surface area contributed by atoms with Crippen molar-refractivity contribution in [3.63, 3.8) is 0 Å². The molecule has 0 unspecified atom stereocenters. The van der Waals surface area contributed by atoms with Gasteiger partial charge in [-0.25, -0.2) is 13.1 Å². The molecule has 2 aromatic rings. The minimum atomic E-state index is -3.59. The zero-order valence-corrected chi connectivity index (χ0v) is 19.5. The van der Waals surface area contributed by atoms with E-state index >= 15 is 0 Å². The molecule has 0 amide bonds. The van der Waals surface area contributed by atoms with Crippen LogP contribution in [0.15, 0.2) is 40.6 Å². The Hall–Kier alpha value is -1.12. The number of sulfonamides is 1. The zero-order chi connectivity index (χ0) is 21.2. The summed E-state index contributed by atoms with van der Waals surface area (Å²) in [6.45, 7) is 1.07. The van der Waals surface area contributed by atoms with Gasteiger partial charge in [0, 0.05) is 11.5 Å². The predicted molar refractivity (Wildman–Crippen MR) is 120 cm³/mol. The highest BCUT2D eigenvalue weighted by Gasteiger charge is 2.50. The van der Waals surface area contributed by atoms with Crippen molar-refractivity contribution < 1.29 is 17.9 Å². The molecule has 8 heteroatoms. The van der Waals surface area contributed by atoms with Gasteiger partial charge in [-0.3, -0.25) is 0 Å². The Bertz CT molecular complexity index is 960. The molecular formula is C22H28ClNO4S2. The van der Waals surface area contributed by atoms with E-state index in [2.05, 4.69) is 4.72 Å². The van der Waals surface area contributed by atoms with Crippen LogP contribution in [0.3, 0.4) is 0 Å². The van der Waals surface area contributed by atoms with Gasteiger partial charge in [-0.1, -0.05) is 36.6 Å². The molecule has 30 heavy (non-hydrogen) atoms. The lowest BCUT2D eigenvalue weighted by molar-refractivity contribution is 0.0185. The largest absolute Gasteiger partial charge is 0.497 e. The molecule has 1 N–H and O–H groups in total. The fourth-order valence-corrected chi connectivity index (χ4v) is 7.89. The van der Waals surface area contributed by atoms with Gasteiger partial charge in [0.2, 0.25) is 10.0 Å². The number of thiophene rings is 1. The summed E-state index contributed by atoms with van der Waals surface area (Å²) in [5.74, 6) is 1.19. The Morgan fingerprint density at radius 2 is 1.93 bits per heavy atom. The van der Waals surface area contributed by atoms with Crippen LogP contribution in [0.5, 0.6) is 5.75 Å². The van der Waals surface area contributed by atoms with Crippen molar-refractivity contribution in [3.05, 3.63) is 46.3 Å². The van der Waals surface area contributed by atoms with Gasteiger partial charge in [0.15, 0.2) is 0 Å². The summed E-state index contributed by atoms with van der Waals surface area (Å²) in [5.41, 5.74) is 0.933. The smallest absolute Gasteiger partial charge is 0.250 e. The van der Waals surface area contributed by atoms with Crippen LogP contribution in [-0.4, -0.2) is 28.2 Å². The van der Waals surface area contributed by atoms with Gasteiger partial charge < -0.3 is 9.47 Å². The molecule has 2 saturated carbocycles. The van der Waals surface area contributed by atoms with Crippen molar-refractivity contribution in [2.45, 2.75) is 55.4 Å². The SMILES string of the molecule is COc1ccc(COC[C@@]23CCCC[C@@H](CC2)[C@H]3NS(=O)(=O)c2ccc(Cl)s2)cc1. The van der Waals surface area contributed by atoms with Crippen LogP contribution in [0.1, 0.15) is 44.1 Å². The topological polar surface area (TPSA) is 64.6 Å². The fourth-order valence-electron chi connectivity index (χ4n) is 4.99. The molecule has 2 aliphatic carbocycles. The molecule has 3 atom stereocenters. The fraction of sp³-hybridized carbons (Fsp3) is 0.545. The van der Waals surface area contributed by atoms with E-state index in [0.29, 0.717) is 23.5 Å². The molecule has 1 heterocycles. The Morgan fingerprint density at radius 3 is 2.63 bits per heavy atom. The van der Waals surface area contributed by atoms with Crippen molar-refractivity contribution in [2.75, 3.05) is 13.7 Å². The van der Waals surface area contributed by atoms with Crippen LogP contribution < -0.4 is 9.46 Å². The molecule has 4 rings (SSSR count). The third kappa shape index (κ3) is 4.70. The number of hydrogen-bond acceptors (Lipinski definition) is 5. The molecule has 0 spiro atoms. The van der Waals surface area contributed by atoms with Crippen molar-refractivity contribution >= 4 is 33.0 Å². The van der Waals surface area contributed by atoms with Gasteiger partial charge in [0.1, 0.15) is 9.96 Å². The number of hydrogen-bond donors (Lipinski definition) is 1. The van der Waals surface area contributed by atoms with E-state index < -0.39 is 10.0 Å².